The second-order valence-corrected chi connectivity index (χ2v) is 5.93. The maximum absolute atomic E-state index is 12.9. The fourth-order valence-electron chi connectivity index (χ4n) is 2.83. The molecule has 1 aromatic carbocycles. The Morgan fingerprint density at radius 1 is 1.19 bits per heavy atom. The molecule has 3 heterocycles. The van der Waals surface area contributed by atoms with Crippen molar-refractivity contribution in [1.29, 1.82) is 0 Å². The number of amides is 1. The summed E-state index contributed by atoms with van der Waals surface area (Å²) < 4.78 is 1.78. The lowest BCUT2D eigenvalue weighted by Gasteiger charge is -2.18. The lowest BCUT2D eigenvalue weighted by atomic mass is 10.1. The molecule has 0 fully saturated rings. The highest BCUT2D eigenvalue weighted by Crippen LogP contribution is 2.23. The first kappa shape index (κ1) is 15.9. The number of carbonyl (C=O) groups excluding carboxylic acids is 1. The van der Waals surface area contributed by atoms with Gasteiger partial charge in [0.25, 0.3) is 5.91 Å². The van der Waals surface area contributed by atoms with Crippen LogP contribution in [-0.4, -0.2) is 42.9 Å². The van der Waals surface area contributed by atoms with Gasteiger partial charge in [-0.05, 0) is 25.1 Å². The lowest BCUT2D eigenvalue weighted by Crippen LogP contribution is -2.28. The molecule has 4 rings (SSSR count). The summed E-state index contributed by atoms with van der Waals surface area (Å²) in [4.78, 5) is 23.4. The van der Waals surface area contributed by atoms with Crippen LogP contribution in [-0.2, 0) is 0 Å². The van der Waals surface area contributed by atoms with Gasteiger partial charge in [-0.3, -0.25) is 14.6 Å². The normalized spacial score (nSPS) is 12.2. The van der Waals surface area contributed by atoms with Gasteiger partial charge in [0.05, 0.1) is 23.3 Å². The minimum Gasteiger partial charge on any atom is -0.309 e. The van der Waals surface area contributed by atoms with Crippen LogP contribution in [0, 0.1) is 0 Å². The van der Waals surface area contributed by atoms with Crippen LogP contribution < -0.4 is 4.90 Å². The van der Waals surface area contributed by atoms with E-state index < -0.39 is 0 Å². The summed E-state index contributed by atoms with van der Waals surface area (Å²) >= 11 is 0. The zero-order chi connectivity index (χ0) is 18.1. The van der Waals surface area contributed by atoms with E-state index in [1.807, 2.05) is 49.5 Å². The van der Waals surface area contributed by atoms with Crippen molar-refractivity contribution in [2.45, 2.75) is 13.0 Å². The van der Waals surface area contributed by atoms with Crippen LogP contribution in [0.5, 0.6) is 0 Å². The Morgan fingerprint density at radius 2 is 2.00 bits per heavy atom. The number of anilines is 1. The second-order valence-electron chi connectivity index (χ2n) is 5.93. The van der Waals surface area contributed by atoms with Crippen molar-refractivity contribution < 1.29 is 4.79 Å². The number of carbonyl (C=O) groups is 1. The molecule has 0 saturated carbocycles. The zero-order valence-corrected chi connectivity index (χ0v) is 14.4. The van der Waals surface area contributed by atoms with Gasteiger partial charge >= 0.3 is 0 Å². The minimum atomic E-state index is -0.290. The van der Waals surface area contributed by atoms with Crippen LogP contribution in [0.25, 0.3) is 11.0 Å². The average molecular weight is 347 g/mol. The van der Waals surface area contributed by atoms with Gasteiger partial charge in [-0.2, -0.15) is 10.2 Å². The minimum absolute atomic E-state index is 0.113. The molecule has 0 saturated heterocycles. The molecule has 1 atom stereocenters. The van der Waals surface area contributed by atoms with E-state index in [1.165, 1.54) is 4.90 Å². The molecule has 0 spiro atoms. The number of H-pyrrole nitrogens is 1. The quantitative estimate of drug-likeness (QED) is 0.612. The van der Waals surface area contributed by atoms with E-state index in [-0.39, 0.29) is 17.8 Å². The first-order valence-corrected chi connectivity index (χ1v) is 8.18. The van der Waals surface area contributed by atoms with E-state index in [4.69, 9.17) is 0 Å². The largest absolute Gasteiger partial charge is 0.309 e. The monoisotopic (exact) mass is 347 g/mol. The molecule has 1 amide bonds. The molecule has 0 radical (unpaired) electrons. The van der Waals surface area contributed by atoms with E-state index in [9.17, 15) is 4.79 Å². The maximum atomic E-state index is 12.9. The standard InChI is InChI=1S/C18H17N7O/c1-12(25-10-6-9-20-25)15-14-11-19-23-16(14)22-17(21-15)18(26)24(2)13-7-4-3-5-8-13/h3-12H,1-2H3,(H,19,21,22,23). The number of nitrogens with one attached hydrogen (secondary N) is 1. The molecule has 26 heavy (non-hydrogen) atoms. The number of para-hydroxylation sites is 1. The van der Waals surface area contributed by atoms with Crippen molar-refractivity contribution in [1.82, 2.24) is 29.9 Å². The fraction of sp³-hybridized carbons (Fsp3) is 0.167. The highest BCUT2D eigenvalue weighted by molar-refractivity contribution is 6.04. The number of nitrogens with zero attached hydrogens (tertiary/aromatic N) is 6. The summed E-state index contributed by atoms with van der Waals surface area (Å²) in [6.45, 7) is 1.97. The van der Waals surface area contributed by atoms with Crippen molar-refractivity contribution in [3.63, 3.8) is 0 Å². The van der Waals surface area contributed by atoms with Crippen LogP contribution in [0.4, 0.5) is 5.69 Å². The molecule has 0 bridgehead atoms. The predicted octanol–water partition coefficient (Wildman–Crippen LogP) is 2.44. The Hall–Kier alpha value is -3.55. The summed E-state index contributed by atoms with van der Waals surface area (Å²) in [5, 5.41) is 11.9. The van der Waals surface area contributed by atoms with Gasteiger partial charge < -0.3 is 4.90 Å². The Balaban J connectivity index is 1.78. The molecule has 4 aromatic rings. The summed E-state index contributed by atoms with van der Waals surface area (Å²) in [7, 11) is 1.70. The summed E-state index contributed by atoms with van der Waals surface area (Å²) in [6.07, 6.45) is 5.23. The zero-order valence-electron chi connectivity index (χ0n) is 14.4. The molecule has 3 aromatic heterocycles. The van der Waals surface area contributed by atoms with Gasteiger partial charge in [0.15, 0.2) is 5.65 Å². The molecule has 1 unspecified atom stereocenters. The van der Waals surface area contributed by atoms with Gasteiger partial charge in [-0.1, -0.05) is 18.2 Å². The van der Waals surface area contributed by atoms with Gasteiger partial charge in [-0.25, -0.2) is 9.97 Å². The maximum Gasteiger partial charge on any atom is 0.295 e. The molecule has 1 N–H and O–H groups in total. The average Bonchev–Trinajstić information content (AvgIpc) is 3.37. The third-order valence-electron chi connectivity index (χ3n) is 4.30. The van der Waals surface area contributed by atoms with Crippen molar-refractivity contribution in [3.05, 3.63) is 66.5 Å². The number of rotatable bonds is 4. The van der Waals surface area contributed by atoms with E-state index in [1.54, 1.807) is 24.1 Å². The number of hydrogen-bond acceptors (Lipinski definition) is 5. The van der Waals surface area contributed by atoms with Crippen molar-refractivity contribution in [2.75, 3.05) is 11.9 Å². The molecular weight excluding hydrogens is 330 g/mol. The predicted molar refractivity (Wildman–Crippen MR) is 96.9 cm³/mol. The van der Waals surface area contributed by atoms with Crippen molar-refractivity contribution in [3.8, 4) is 0 Å². The number of aromatic amines is 1. The molecule has 0 aliphatic carbocycles. The highest BCUT2D eigenvalue weighted by atomic mass is 16.2. The Labute approximate surface area is 149 Å². The van der Waals surface area contributed by atoms with Gasteiger partial charge in [-0.15, -0.1) is 0 Å². The highest BCUT2D eigenvalue weighted by Gasteiger charge is 2.22. The van der Waals surface area contributed by atoms with Crippen molar-refractivity contribution in [2.24, 2.45) is 0 Å². The van der Waals surface area contributed by atoms with Gasteiger partial charge in [0.1, 0.15) is 0 Å². The van der Waals surface area contributed by atoms with Crippen LogP contribution in [0.3, 0.4) is 0 Å². The van der Waals surface area contributed by atoms with E-state index in [0.717, 1.165) is 11.1 Å². The van der Waals surface area contributed by atoms with E-state index >= 15 is 0 Å². The lowest BCUT2D eigenvalue weighted by molar-refractivity contribution is 0.0983. The van der Waals surface area contributed by atoms with Gasteiger partial charge in [0, 0.05) is 25.1 Å². The Morgan fingerprint density at radius 3 is 2.73 bits per heavy atom. The third-order valence-corrected chi connectivity index (χ3v) is 4.30. The first-order chi connectivity index (χ1) is 12.6. The Bertz CT molecular complexity index is 1040. The SMILES string of the molecule is CC(c1nc(C(=O)N(C)c2ccccc2)nc2[nH]ncc12)n1cccn1. The summed E-state index contributed by atoms with van der Waals surface area (Å²) in [5.74, 6) is -0.177. The molecule has 130 valence electrons. The number of hydrogen-bond donors (Lipinski definition) is 1. The molecule has 8 heteroatoms. The third kappa shape index (κ3) is 2.71. The molecule has 8 nitrogen and oxygen atoms in total. The van der Waals surface area contributed by atoms with Crippen LogP contribution in [0.1, 0.15) is 29.3 Å². The van der Waals surface area contributed by atoms with Crippen LogP contribution in [0.15, 0.2) is 55.0 Å². The van der Waals surface area contributed by atoms with Crippen LogP contribution in [0.2, 0.25) is 0 Å². The second kappa shape index (κ2) is 6.40. The van der Waals surface area contributed by atoms with E-state index in [2.05, 4.69) is 25.3 Å². The number of benzene rings is 1. The molecule has 0 aliphatic heterocycles. The summed E-state index contributed by atoms with van der Waals surface area (Å²) in [5.41, 5.74) is 1.99. The number of aromatic nitrogens is 6. The first-order valence-electron chi connectivity index (χ1n) is 8.18. The van der Waals surface area contributed by atoms with Crippen LogP contribution >= 0.6 is 0 Å². The molecular formula is C18H17N7O. The van der Waals surface area contributed by atoms with E-state index in [0.29, 0.717) is 11.3 Å². The molecule has 0 aliphatic rings. The summed E-state index contributed by atoms with van der Waals surface area (Å²) in [6, 6.07) is 11.1. The van der Waals surface area contributed by atoms with Crippen molar-refractivity contribution >= 4 is 22.6 Å². The fourth-order valence-corrected chi connectivity index (χ4v) is 2.83. The topological polar surface area (TPSA) is 92.6 Å². The smallest absolute Gasteiger partial charge is 0.295 e. The number of fused-ring (bicyclic) bond motifs is 1. The Kier molecular flexibility index (Phi) is 3.92. The van der Waals surface area contributed by atoms with Gasteiger partial charge in [0.2, 0.25) is 5.82 Å².